The van der Waals surface area contributed by atoms with E-state index < -0.39 is 10.1 Å². The van der Waals surface area contributed by atoms with Crippen LogP contribution in [0.3, 0.4) is 0 Å². The maximum absolute atomic E-state index is 10.6. The smallest absolute Gasteiger partial charge is 0.271 e. The molecule has 1 aliphatic heterocycles. The fourth-order valence-electron chi connectivity index (χ4n) is 1.41. The van der Waals surface area contributed by atoms with E-state index in [9.17, 15) is 8.42 Å². The van der Waals surface area contributed by atoms with Crippen LogP contribution in [0.25, 0.3) is 0 Å². The van der Waals surface area contributed by atoms with Crippen LogP contribution in [0, 0.1) is 0 Å². The number of aliphatic imine (C=N–C) groups is 1. The van der Waals surface area contributed by atoms with Crippen LogP contribution in [0.1, 0.15) is 11.6 Å². The molecule has 1 aromatic heterocycles. The Morgan fingerprint density at radius 2 is 2.41 bits per heavy atom. The second-order valence-corrected chi connectivity index (χ2v) is 5.19. The molecule has 1 aliphatic rings. The molecule has 1 atom stereocenters. The van der Waals surface area contributed by atoms with Gasteiger partial charge in [-0.1, -0.05) is 4.68 Å². The van der Waals surface area contributed by atoms with Crippen LogP contribution in [-0.4, -0.2) is 36.8 Å². The molecule has 2 heterocycles. The maximum Gasteiger partial charge on any atom is 0.271 e. The quantitative estimate of drug-likeness (QED) is 0.572. The first kappa shape index (κ1) is 11.9. The summed E-state index contributed by atoms with van der Waals surface area (Å²) in [6, 6.07) is 1.76. The van der Waals surface area contributed by atoms with Gasteiger partial charge >= 0.3 is 0 Å². The minimum atomic E-state index is -3.95. The van der Waals surface area contributed by atoms with Crippen LogP contribution in [0.5, 0.6) is 0 Å². The van der Waals surface area contributed by atoms with Crippen LogP contribution in [0.4, 0.5) is 0 Å². The monoisotopic (exact) mass is 258 g/mol. The van der Waals surface area contributed by atoms with Crippen molar-refractivity contribution in [2.24, 2.45) is 4.99 Å². The fourth-order valence-corrected chi connectivity index (χ4v) is 1.83. The number of hydrogen-bond acceptors (Lipinski definition) is 5. The van der Waals surface area contributed by atoms with Gasteiger partial charge in [-0.15, -0.1) is 0 Å². The number of rotatable bonds is 4. The van der Waals surface area contributed by atoms with Gasteiger partial charge in [-0.3, -0.25) is 4.55 Å². The second kappa shape index (κ2) is 4.76. The zero-order valence-electron chi connectivity index (χ0n) is 8.93. The summed E-state index contributed by atoms with van der Waals surface area (Å²) >= 11 is 0. The van der Waals surface area contributed by atoms with Gasteiger partial charge in [0, 0.05) is 11.6 Å². The molecular weight excluding hydrogens is 246 g/mol. The van der Waals surface area contributed by atoms with Gasteiger partial charge in [-0.2, -0.15) is 8.42 Å². The first-order valence-corrected chi connectivity index (χ1v) is 6.59. The van der Waals surface area contributed by atoms with Gasteiger partial charge in [0.05, 0.1) is 6.20 Å². The molecule has 92 valence electrons. The van der Waals surface area contributed by atoms with Gasteiger partial charge in [0.25, 0.3) is 10.1 Å². The van der Waals surface area contributed by atoms with Crippen LogP contribution >= 0.6 is 0 Å². The van der Waals surface area contributed by atoms with Crippen molar-refractivity contribution >= 4 is 16.5 Å². The van der Waals surface area contributed by atoms with Crippen LogP contribution in [0.15, 0.2) is 23.5 Å². The lowest BCUT2D eigenvalue weighted by Crippen LogP contribution is -2.40. The first-order valence-electron chi connectivity index (χ1n) is 4.99. The van der Waals surface area contributed by atoms with Gasteiger partial charge in [0.2, 0.25) is 0 Å². The van der Waals surface area contributed by atoms with E-state index in [2.05, 4.69) is 10.1 Å². The Bertz CT molecular complexity index is 512. The molecule has 0 aromatic carbocycles. The third kappa shape index (κ3) is 3.46. The minimum absolute atomic E-state index is 0.0428. The summed E-state index contributed by atoms with van der Waals surface area (Å²) in [4.78, 5) is 4.09. The number of ether oxygens (including phenoxy) is 1. The topological polar surface area (TPSA) is 92.7 Å². The molecule has 0 saturated heterocycles. The fraction of sp³-hybridized carbons (Fsp3) is 0.444. The Labute approximate surface area is 98.5 Å². The van der Waals surface area contributed by atoms with E-state index in [1.165, 1.54) is 11.1 Å². The summed E-state index contributed by atoms with van der Waals surface area (Å²) in [5, 5.41) is 4.04. The molecule has 0 amide bonds. The van der Waals surface area contributed by atoms with E-state index >= 15 is 0 Å². The summed E-state index contributed by atoms with van der Waals surface area (Å²) < 4.78 is 36.2. The minimum Gasteiger partial charge on any atom is -0.481 e. The molecule has 2 rings (SSSR count). The van der Waals surface area contributed by atoms with E-state index in [1.54, 1.807) is 18.5 Å². The summed E-state index contributed by atoms with van der Waals surface area (Å²) in [5.41, 5.74) is 0.904. The molecule has 0 aliphatic carbocycles. The molecule has 8 heteroatoms. The Balaban J connectivity index is 2.00. The molecule has 0 saturated carbocycles. The predicted octanol–water partition coefficient (Wildman–Crippen LogP) is -0.643. The third-order valence-electron chi connectivity index (χ3n) is 2.33. The first-order chi connectivity index (χ1) is 8.04. The average molecular weight is 258 g/mol. The maximum atomic E-state index is 10.6. The van der Waals surface area contributed by atoms with Gasteiger partial charge in [-0.05, 0) is 5.10 Å². The highest BCUT2D eigenvalue weighted by Gasteiger charge is 2.17. The zero-order valence-corrected chi connectivity index (χ0v) is 9.75. The van der Waals surface area contributed by atoms with Crippen LogP contribution < -0.4 is 4.68 Å². The van der Waals surface area contributed by atoms with E-state index in [4.69, 9.17) is 9.29 Å². The van der Waals surface area contributed by atoms with E-state index in [0.717, 1.165) is 5.56 Å². The standard InChI is InChI=1S/C9H11N3O4S/c13-17(14,15)4-3-12-2-1-8(5-11-12)9-6-16-7-10-9/h1-2,5,7,9H,3-4,6H2/p+1. The van der Waals surface area contributed by atoms with Crippen molar-refractivity contribution in [3.8, 4) is 0 Å². The summed E-state index contributed by atoms with van der Waals surface area (Å²) in [7, 11) is -3.95. The molecule has 17 heavy (non-hydrogen) atoms. The van der Waals surface area contributed by atoms with E-state index in [1.807, 2.05) is 0 Å². The summed E-state index contributed by atoms with van der Waals surface area (Å²) in [6.07, 6.45) is 4.67. The molecule has 0 bridgehead atoms. The lowest BCUT2D eigenvalue weighted by atomic mass is 10.2. The van der Waals surface area contributed by atoms with Crippen molar-refractivity contribution < 1.29 is 22.4 Å². The number of aromatic nitrogens is 2. The number of hydrogen-bond donors (Lipinski definition) is 1. The summed E-state index contributed by atoms with van der Waals surface area (Å²) in [6.45, 7) is 0.611. The lowest BCUT2D eigenvalue weighted by Gasteiger charge is -2.02. The molecule has 0 spiro atoms. The lowest BCUT2D eigenvalue weighted by molar-refractivity contribution is -0.750. The number of aryl methyl sites for hydroxylation is 1. The van der Waals surface area contributed by atoms with Crippen molar-refractivity contribution in [1.82, 2.24) is 5.10 Å². The zero-order chi connectivity index (χ0) is 12.3. The van der Waals surface area contributed by atoms with Gasteiger partial charge in [0.1, 0.15) is 18.4 Å². The molecule has 1 aromatic rings. The Morgan fingerprint density at radius 3 is 2.94 bits per heavy atom. The average Bonchev–Trinajstić information content (AvgIpc) is 2.79. The largest absolute Gasteiger partial charge is 0.481 e. The SMILES string of the molecule is O=S(=O)(O)CC[n+]1ccc(C2COC=N2)cn1. The van der Waals surface area contributed by atoms with Crippen LogP contribution in [-0.2, 0) is 21.4 Å². The van der Waals surface area contributed by atoms with Crippen molar-refractivity contribution in [1.29, 1.82) is 0 Å². The van der Waals surface area contributed by atoms with Crippen molar-refractivity contribution in [3.63, 3.8) is 0 Å². The highest BCUT2D eigenvalue weighted by atomic mass is 32.2. The van der Waals surface area contributed by atoms with Crippen molar-refractivity contribution in [2.75, 3.05) is 12.4 Å². The van der Waals surface area contributed by atoms with Crippen molar-refractivity contribution in [2.45, 2.75) is 12.6 Å². The van der Waals surface area contributed by atoms with Crippen molar-refractivity contribution in [3.05, 3.63) is 24.0 Å². The Hall–Kier alpha value is -1.54. The molecule has 0 radical (unpaired) electrons. The van der Waals surface area contributed by atoms with Gasteiger partial charge < -0.3 is 4.74 Å². The Morgan fingerprint density at radius 1 is 1.59 bits per heavy atom. The van der Waals surface area contributed by atoms with Gasteiger partial charge in [-0.25, -0.2) is 4.99 Å². The number of nitrogens with zero attached hydrogens (tertiary/aromatic N) is 3. The van der Waals surface area contributed by atoms with E-state index in [-0.39, 0.29) is 18.3 Å². The van der Waals surface area contributed by atoms with Crippen LogP contribution in [0.2, 0.25) is 0 Å². The van der Waals surface area contributed by atoms with E-state index in [0.29, 0.717) is 6.61 Å². The second-order valence-electron chi connectivity index (χ2n) is 3.61. The molecule has 1 unspecified atom stereocenters. The molecule has 7 nitrogen and oxygen atoms in total. The molecule has 1 N–H and O–H groups in total. The normalized spacial score (nSPS) is 19.2. The Kier molecular flexibility index (Phi) is 3.34. The molecular formula is C9H12N3O4S+. The van der Waals surface area contributed by atoms with Gasteiger partial charge in [0.15, 0.2) is 19.1 Å². The summed E-state index contributed by atoms with van der Waals surface area (Å²) in [5.74, 6) is -0.352. The predicted molar refractivity (Wildman–Crippen MR) is 58.0 cm³/mol. The third-order valence-corrected chi connectivity index (χ3v) is 3.03. The highest BCUT2D eigenvalue weighted by molar-refractivity contribution is 7.85. The highest BCUT2D eigenvalue weighted by Crippen LogP contribution is 2.18. The molecule has 0 fully saturated rings.